The molecule has 2 N–H and O–H groups in total. The highest BCUT2D eigenvalue weighted by molar-refractivity contribution is 6.00. The van der Waals surface area contributed by atoms with Crippen molar-refractivity contribution in [3.63, 3.8) is 0 Å². The fourth-order valence-electron chi connectivity index (χ4n) is 2.82. The number of aromatic amines is 1. The molecule has 2 heterocycles. The number of para-hydroxylation sites is 1. The summed E-state index contributed by atoms with van der Waals surface area (Å²) in [4.78, 5) is 17.8. The third-order valence-corrected chi connectivity index (χ3v) is 3.92. The molecule has 100 valence electrons. The van der Waals surface area contributed by atoms with Crippen LogP contribution < -0.4 is 5.32 Å². The second-order valence-corrected chi connectivity index (χ2v) is 5.39. The average Bonchev–Trinajstić information content (AvgIpc) is 2.94. The first-order valence-electron chi connectivity index (χ1n) is 6.72. The second-order valence-electron chi connectivity index (χ2n) is 5.39. The number of aryl methyl sites for hydroxylation is 1. The summed E-state index contributed by atoms with van der Waals surface area (Å²) in [6.07, 6.45) is 1.03. The number of hydrogen-bond acceptors (Lipinski definition) is 2. The number of hydrogen-bond donors (Lipinski definition) is 2. The molecule has 1 unspecified atom stereocenters. The van der Waals surface area contributed by atoms with Crippen molar-refractivity contribution in [2.75, 3.05) is 20.1 Å². The molecule has 19 heavy (non-hydrogen) atoms. The number of benzene rings is 1. The molecule has 1 aromatic heterocycles. The topological polar surface area (TPSA) is 48.1 Å². The first-order valence-corrected chi connectivity index (χ1v) is 6.72. The number of amides is 1. The zero-order chi connectivity index (χ0) is 13.4. The Balaban J connectivity index is 1.83. The highest BCUT2D eigenvalue weighted by Crippen LogP contribution is 2.21. The molecular formula is C15H19N3O. The lowest BCUT2D eigenvalue weighted by atomic mass is 10.1. The van der Waals surface area contributed by atoms with Gasteiger partial charge in [0.05, 0.1) is 0 Å². The summed E-state index contributed by atoms with van der Waals surface area (Å²) in [7, 11) is 2.08. The van der Waals surface area contributed by atoms with Gasteiger partial charge < -0.3 is 15.2 Å². The molecule has 0 aliphatic carbocycles. The van der Waals surface area contributed by atoms with Gasteiger partial charge in [0.25, 0.3) is 5.91 Å². The fraction of sp³-hybridized carbons (Fsp3) is 0.400. The minimum Gasteiger partial charge on any atom is -0.350 e. The van der Waals surface area contributed by atoms with Crippen molar-refractivity contribution >= 4 is 16.8 Å². The number of aromatic nitrogens is 1. The molecule has 0 radical (unpaired) electrons. The maximum atomic E-state index is 12.3. The molecule has 1 aromatic carbocycles. The smallest absolute Gasteiger partial charge is 0.268 e. The van der Waals surface area contributed by atoms with Crippen LogP contribution >= 0.6 is 0 Å². The van der Waals surface area contributed by atoms with Crippen LogP contribution in [0.2, 0.25) is 0 Å². The Kier molecular flexibility index (Phi) is 3.03. The number of nitrogens with zero attached hydrogens (tertiary/aromatic N) is 1. The van der Waals surface area contributed by atoms with Crippen molar-refractivity contribution in [2.45, 2.75) is 19.4 Å². The van der Waals surface area contributed by atoms with Gasteiger partial charge in [-0.2, -0.15) is 0 Å². The van der Waals surface area contributed by atoms with E-state index in [2.05, 4.69) is 22.2 Å². The van der Waals surface area contributed by atoms with Crippen LogP contribution in [0.3, 0.4) is 0 Å². The highest BCUT2D eigenvalue weighted by atomic mass is 16.2. The molecule has 1 aliphatic rings. The number of H-pyrrole nitrogens is 1. The van der Waals surface area contributed by atoms with Crippen LogP contribution in [0.1, 0.15) is 22.5 Å². The molecule has 3 rings (SSSR count). The Hall–Kier alpha value is -1.81. The Labute approximate surface area is 112 Å². The molecule has 2 aromatic rings. The maximum absolute atomic E-state index is 12.3. The predicted molar refractivity (Wildman–Crippen MR) is 76.4 cm³/mol. The first kappa shape index (κ1) is 12.2. The number of nitrogens with one attached hydrogen (secondary N) is 2. The average molecular weight is 257 g/mol. The van der Waals surface area contributed by atoms with Gasteiger partial charge >= 0.3 is 0 Å². The van der Waals surface area contributed by atoms with Gasteiger partial charge in [-0.05, 0) is 38.6 Å². The van der Waals surface area contributed by atoms with Crippen LogP contribution in [0.15, 0.2) is 24.3 Å². The Morgan fingerprint density at radius 3 is 2.89 bits per heavy atom. The van der Waals surface area contributed by atoms with E-state index in [1.807, 2.05) is 31.2 Å². The minimum atomic E-state index is 0.00833. The van der Waals surface area contributed by atoms with Crippen molar-refractivity contribution in [2.24, 2.45) is 0 Å². The molecule has 1 saturated heterocycles. The minimum absolute atomic E-state index is 0.00833. The molecule has 0 spiro atoms. The van der Waals surface area contributed by atoms with E-state index in [1.54, 1.807) is 0 Å². The van der Waals surface area contributed by atoms with Crippen LogP contribution in [0.4, 0.5) is 0 Å². The maximum Gasteiger partial charge on any atom is 0.268 e. The molecule has 1 aliphatic heterocycles. The van der Waals surface area contributed by atoms with Gasteiger partial charge in [0, 0.05) is 23.5 Å². The molecule has 4 nitrogen and oxygen atoms in total. The van der Waals surface area contributed by atoms with Gasteiger partial charge in [-0.1, -0.05) is 18.2 Å². The van der Waals surface area contributed by atoms with E-state index in [9.17, 15) is 4.79 Å². The van der Waals surface area contributed by atoms with Crippen LogP contribution in [0, 0.1) is 6.92 Å². The summed E-state index contributed by atoms with van der Waals surface area (Å²) >= 11 is 0. The normalized spacial score (nSPS) is 20.0. The SMILES string of the molecule is Cc1c(C(=O)NC2CCN(C)C2)[nH]c2ccccc12. The van der Waals surface area contributed by atoms with Crippen LogP contribution in [0.25, 0.3) is 10.9 Å². The van der Waals surface area contributed by atoms with Crippen molar-refractivity contribution in [1.82, 2.24) is 15.2 Å². The zero-order valence-corrected chi connectivity index (χ0v) is 11.4. The van der Waals surface area contributed by atoms with Gasteiger partial charge in [-0.3, -0.25) is 4.79 Å². The van der Waals surface area contributed by atoms with Crippen molar-refractivity contribution in [3.05, 3.63) is 35.5 Å². The van der Waals surface area contributed by atoms with Gasteiger partial charge in [0.1, 0.15) is 5.69 Å². The van der Waals surface area contributed by atoms with Crippen molar-refractivity contribution < 1.29 is 4.79 Å². The molecule has 1 fully saturated rings. The first-order chi connectivity index (χ1) is 9.15. The Bertz CT molecular complexity index is 617. The summed E-state index contributed by atoms with van der Waals surface area (Å²) in [6.45, 7) is 3.98. The van der Waals surface area contributed by atoms with Gasteiger partial charge in [-0.15, -0.1) is 0 Å². The molecule has 0 bridgehead atoms. The van der Waals surface area contributed by atoms with E-state index in [1.165, 1.54) is 0 Å². The fourth-order valence-corrected chi connectivity index (χ4v) is 2.82. The molecule has 1 atom stereocenters. The summed E-state index contributed by atoms with van der Waals surface area (Å²) in [5.41, 5.74) is 2.74. The monoisotopic (exact) mass is 257 g/mol. The summed E-state index contributed by atoms with van der Waals surface area (Å²) in [5, 5.41) is 4.24. The van der Waals surface area contributed by atoms with Crippen molar-refractivity contribution in [1.29, 1.82) is 0 Å². The third kappa shape index (κ3) is 2.24. The largest absolute Gasteiger partial charge is 0.350 e. The number of likely N-dealkylation sites (N-methyl/N-ethyl adjacent to an activating group) is 1. The quantitative estimate of drug-likeness (QED) is 0.863. The van der Waals surface area contributed by atoms with E-state index < -0.39 is 0 Å². The number of carbonyl (C=O) groups is 1. The third-order valence-electron chi connectivity index (χ3n) is 3.92. The van der Waals surface area contributed by atoms with Crippen LogP contribution in [-0.2, 0) is 0 Å². The summed E-state index contributed by atoms with van der Waals surface area (Å²) in [6, 6.07) is 8.29. The number of rotatable bonds is 2. The molecule has 4 heteroatoms. The van der Waals surface area contributed by atoms with E-state index in [0.717, 1.165) is 36.0 Å². The van der Waals surface area contributed by atoms with E-state index in [0.29, 0.717) is 5.69 Å². The summed E-state index contributed by atoms with van der Waals surface area (Å²) < 4.78 is 0. The number of carbonyl (C=O) groups excluding carboxylic acids is 1. The molecular weight excluding hydrogens is 238 g/mol. The standard InChI is InChI=1S/C15H19N3O/c1-10-12-5-3-4-6-13(12)17-14(10)15(19)16-11-7-8-18(2)9-11/h3-6,11,17H,7-9H2,1-2H3,(H,16,19). The summed E-state index contributed by atoms with van der Waals surface area (Å²) in [5.74, 6) is 0.00833. The van der Waals surface area contributed by atoms with Gasteiger partial charge in [0.2, 0.25) is 0 Å². The number of likely N-dealkylation sites (tertiary alicyclic amines) is 1. The lowest BCUT2D eigenvalue weighted by Gasteiger charge is -2.12. The second kappa shape index (κ2) is 4.70. The molecule has 1 amide bonds. The Morgan fingerprint density at radius 1 is 1.42 bits per heavy atom. The van der Waals surface area contributed by atoms with Crippen LogP contribution in [-0.4, -0.2) is 42.0 Å². The van der Waals surface area contributed by atoms with Gasteiger partial charge in [0.15, 0.2) is 0 Å². The zero-order valence-electron chi connectivity index (χ0n) is 11.4. The van der Waals surface area contributed by atoms with Gasteiger partial charge in [-0.25, -0.2) is 0 Å². The van der Waals surface area contributed by atoms with Crippen molar-refractivity contribution in [3.8, 4) is 0 Å². The predicted octanol–water partition coefficient (Wildman–Crippen LogP) is 1.91. The lowest BCUT2D eigenvalue weighted by Crippen LogP contribution is -2.36. The van der Waals surface area contributed by atoms with Crippen LogP contribution in [0.5, 0.6) is 0 Å². The van der Waals surface area contributed by atoms with E-state index in [4.69, 9.17) is 0 Å². The number of fused-ring (bicyclic) bond motifs is 1. The molecule has 0 saturated carbocycles. The van der Waals surface area contributed by atoms with E-state index >= 15 is 0 Å². The lowest BCUT2D eigenvalue weighted by molar-refractivity contribution is 0.0933. The Morgan fingerprint density at radius 2 is 2.21 bits per heavy atom. The highest BCUT2D eigenvalue weighted by Gasteiger charge is 2.23. The van der Waals surface area contributed by atoms with E-state index in [-0.39, 0.29) is 11.9 Å².